The van der Waals surface area contributed by atoms with Crippen LogP contribution in [0.4, 0.5) is 5.69 Å². The van der Waals surface area contributed by atoms with Gasteiger partial charge in [0.15, 0.2) is 11.5 Å². The fourth-order valence-electron chi connectivity index (χ4n) is 3.17. The molecule has 0 spiro atoms. The molecule has 4 rings (SSSR count). The van der Waals surface area contributed by atoms with Crippen LogP contribution in [0.25, 0.3) is 17.1 Å². The van der Waals surface area contributed by atoms with Crippen molar-refractivity contribution in [2.75, 3.05) is 13.4 Å². The summed E-state index contributed by atoms with van der Waals surface area (Å²) in [6.45, 7) is 0.465. The van der Waals surface area contributed by atoms with Crippen molar-refractivity contribution in [1.29, 1.82) is 0 Å². The van der Waals surface area contributed by atoms with Crippen LogP contribution in [0.2, 0.25) is 0 Å². The molecule has 0 aliphatic carbocycles. The van der Waals surface area contributed by atoms with Crippen LogP contribution in [-0.4, -0.2) is 33.8 Å². The number of carbonyl (C=O) groups is 1. The highest BCUT2D eigenvalue weighted by atomic mass is 16.7. The van der Waals surface area contributed by atoms with Crippen LogP contribution in [0.5, 0.6) is 11.5 Å². The number of nitrogens with zero attached hydrogens (tertiary/aromatic N) is 2. The summed E-state index contributed by atoms with van der Waals surface area (Å²) >= 11 is 0. The molecule has 10 heteroatoms. The van der Waals surface area contributed by atoms with E-state index in [1.165, 1.54) is 18.2 Å². The van der Waals surface area contributed by atoms with Gasteiger partial charge >= 0.3 is 11.7 Å². The number of rotatable bonds is 7. The molecule has 154 valence electrons. The number of hydrogen-bond acceptors (Lipinski definition) is 7. The van der Waals surface area contributed by atoms with E-state index in [4.69, 9.17) is 14.2 Å². The van der Waals surface area contributed by atoms with Gasteiger partial charge in [-0.05, 0) is 30.7 Å². The number of hydrogen-bond donors (Lipinski definition) is 1. The summed E-state index contributed by atoms with van der Waals surface area (Å²) in [5, 5.41) is 11.2. The van der Waals surface area contributed by atoms with Gasteiger partial charge < -0.3 is 19.2 Å². The summed E-state index contributed by atoms with van der Waals surface area (Å²) in [6.07, 6.45) is 2.85. The van der Waals surface area contributed by atoms with Crippen molar-refractivity contribution in [3.63, 3.8) is 0 Å². The van der Waals surface area contributed by atoms with Crippen molar-refractivity contribution in [2.24, 2.45) is 0 Å². The molecule has 0 bridgehead atoms. The van der Waals surface area contributed by atoms with Gasteiger partial charge in [-0.3, -0.25) is 14.7 Å². The van der Waals surface area contributed by atoms with Crippen LogP contribution < -0.4 is 15.2 Å². The summed E-state index contributed by atoms with van der Waals surface area (Å²) in [4.78, 5) is 37.4. The number of benzene rings is 2. The van der Waals surface area contributed by atoms with Crippen LogP contribution >= 0.6 is 0 Å². The van der Waals surface area contributed by atoms with Gasteiger partial charge in [-0.15, -0.1) is 0 Å². The maximum Gasteiger partial charge on any atom is 0.330 e. The normalized spacial score (nSPS) is 12.5. The Morgan fingerprint density at radius 3 is 2.83 bits per heavy atom. The molecule has 3 aromatic rings. The molecular weight excluding hydrogens is 394 g/mol. The van der Waals surface area contributed by atoms with E-state index in [2.05, 4.69) is 4.98 Å². The standard InChI is InChI=1S/C20H17N3O7/c24-19(7-6-13-10-17-18(30-12-29-17)11-16(13)23(26)27)28-9-3-8-22-15-5-2-1-4-14(15)21-20(22)25/h1-2,4-7,10-11H,3,8-9,12H2,(H,21,25). The predicted molar refractivity (Wildman–Crippen MR) is 106 cm³/mol. The lowest BCUT2D eigenvalue weighted by atomic mass is 10.1. The first-order valence-corrected chi connectivity index (χ1v) is 9.13. The van der Waals surface area contributed by atoms with Crippen LogP contribution in [0, 0.1) is 10.1 Å². The molecule has 1 N–H and O–H groups in total. The molecule has 1 aliphatic rings. The Hall–Kier alpha value is -4.08. The molecule has 0 radical (unpaired) electrons. The topological polar surface area (TPSA) is 126 Å². The smallest absolute Gasteiger partial charge is 0.330 e. The van der Waals surface area contributed by atoms with Gasteiger partial charge in [-0.25, -0.2) is 9.59 Å². The average Bonchev–Trinajstić information content (AvgIpc) is 3.31. The molecule has 30 heavy (non-hydrogen) atoms. The Bertz CT molecular complexity index is 1210. The second-order valence-electron chi connectivity index (χ2n) is 6.47. The first-order chi connectivity index (χ1) is 14.5. The van der Waals surface area contributed by atoms with Crippen molar-refractivity contribution < 1.29 is 23.9 Å². The van der Waals surface area contributed by atoms with Crippen LogP contribution in [0.15, 0.2) is 47.3 Å². The Kier molecular flexibility index (Phi) is 5.21. The van der Waals surface area contributed by atoms with E-state index in [-0.39, 0.29) is 36.1 Å². The maximum absolute atomic E-state index is 12.0. The Morgan fingerprint density at radius 1 is 1.27 bits per heavy atom. The summed E-state index contributed by atoms with van der Waals surface area (Å²) in [6, 6.07) is 10.0. The molecule has 0 atom stereocenters. The van der Waals surface area contributed by atoms with E-state index in [1.54, 1.807) is 4.57 Å². The number of esters is 1. The minimum Gasteiger partial charge on any atom is -0.462 e. The molecule has 1 aromatic heterocycles. The molecule has 0 unspecified atom stereocenters. The highest BCUT2D eigenvalue weighted by Crippen LogP contribution is 2.38. The van der Waals surface area contributed by atoms with Crippen LogP contribution in [0.3, 0.4) is 0 Å². The van der Waals surface area contributed by atoms with Gasteiger partial charge in [0.2, 0.25) is 6.79 Å². The van der Waals surface area contributed by atoms with Gasteiger partial charge in [0, 0.05) is 12.6 Å². The zero-order chi connectivity index (χ0) is 21.1. The number of carbonyl (C=O) groups excluding carboxylic acids is 1. The minimum atomic E-state index is -0.645. The molecule has 0 amide bonds. The highest BCUT2D eigenvalue weighted by Gasteiger charge is 2.22. The second kappa shape index (κ2) is 8.11. The zero-order valence-corrected chi connectivity index (χ0v) is 15.7. The van der Waals surface area contributed by atoms with E-state index in [1.807, 2.05) is 24.3 Å². The fourth-order valence-corrected chi connectivity index (χ4v) is 3.17. The number of aromatic amines is 1. The van der Waals surface area contributed by atoms with E-state index < -0.39 is 10.9 Å². The summed E-state index contributed by atoms with van der Waals surface area (Å²) < 4.78 is 17.1. The van der Waals surface area contributed by atoms with Gasteiger partial charge in [0.25, 0.3) is 5.69 Å². The van der Waals surface area contributed by atoms with Crippen molar-refractivity contribution in [2.45, 2.75) is 13.0 Å². The summed E-state index contributed by atoms with van der Waals surface area (Å²) in [7, 11) is 0. The number of aryl methyl sites for hydroxylation is 1. The lowest BCUT2D eigenvalue weighted by Crippen LogP contribution is -2.18. The minimum absolute atomic E-state index is 0.0127. The molecular formula is C20H17N3O7. The number of H-pyrrole nitrogens is 1. The number of nitro groups is 1. The molecule has 2 heterocycles. The van der Waals surface area contributed by atoms with E-state index in [0.717, 1.165) is 17.1 Å². The Morgan fingerprint density at radius 2 is 2.03 bits per heavy atom. The van der Waals surface area contributed by atoms with Crippen LogP contribution in [0.1, 0.15) is 12.0 Å². The third kappa shape index (κ3) is 3.88. The summed E-state index contributed by atoms with van der Waals surface area (Å²) in [5.74, 6) is 0.0139. The van der Waals surface area contributed by atoms with E-state index in [9.17, 15) is 19.7 Å². The second-order valence-corrected chi connectivity index (χ2v) is 6.47. The number of imidazole rings is 1. The predicted octanol–water partition coefficient (Wildman–Crippen LogP) is 2.61. The molecule has 0 saturated heterocycles. The third-order valence-corrected chi connectivity index (χ3v) is 4.57. The van der Waals surface area contributed by atoms with Crippen molar-refractivity contribution in [3.05, 3.63) is 68.6 Å². The molecule has 0 fully saturated rings. The molecule has 0 saturated carbocycles. The first-order valence-electron chi connectivity index (χ1n) is 9.13. The number of ether oxygens (including phenoxy) is 3. The van der Waals surface area contributed by atoms with Crippen molar-refractivity contribution in [1.82, 2.24) is 9.55 Å². The van der Waals surface area contributed by atoms with Gasteiger partial charge in [0.05, 0.1) is 34.2 Å². The Balaban J connectivity index is 1.35. The van der Waals surface area contributed by atoms with Gasteiger partial charge in [-0.1, -0.05) is 12.1 Å². The van der Waals surface area contributed by atoms with Crippen molar-refractivity contribution in [3.8, 4) is 11.5 Å². The number of aromatic nitrogens is 2. The SMILES string of the molecule is O=C(C=Cc1cc2c(cc1[N+](=O)[O-])OCO2)OCCCn1c(=O)[nH]c2ccccc21. The quantitative estimate of drug-likeness (QED) is 0.208. The first kappa shape index (κ1) is 19.2. The van der Waals surface area contributed by atoms with Crippen molar-refractivity contribution >= 4 is 28.8 Å². The fraction of sp³-hybridized carbons (Fsp3) is 0.200. The largest absolute Gasteiger partial charge is 0.462 e. The van der Waals surface area contributed by atoms with Gasteiger partial charge in [0.1, 0.15) is 0 Å². The monoisotopic (exact) mass is 411 g/mol. The Labute approximate surface area is 169 Å². The van der Waals surface area contributed by atoms with Crippen LogP contribution in [-0.2, 0) is 16.1 Å². The summed E-state index contributed by atoms with van der Waals surface area (Å²) in [5.41, 5.74) is 1.29. The lowest BCUT2D eigenvalue weighted by Gasteiger charge is -2.04. The van der Waals surface area contributed by atoms with Gasteiger partial charge in [-0.2, -0.15) is 0 Å². The number of fused-ring (bicyclic) bond motifs is 2. The molecule has 2 aromatic carbocycles. The average molecular weight is 411 g/mol. The number of nitrogens with one attached hydrogen (secondary N) is 1. The maximum atomic E-state index is 12.0. The number of para-hydroxylation sites is 2. The highest BCUT2D eigenvalue weighted by molar-refractivity contribution is 5.88. The van der Waals surface area contributed by atoms with E-state index >= 15 is 0 Å². The van der Waals surface area contributed by atoms with E-state index in [0.29, 0.717) is 18.7 Å². The third-order valence-electron chi connectivity index (χ3n) is 4.57. The zero-order valence-electron chi connectivity index (χ0n) is 15.7. The number of nitro benzene ring substituents is 1. The molecule has 10 nitrogen and oxygen atoms in total. The lowest BCUT2D eigenvalue weighted by molar-refractivity contribution is -0.385. The molecule has 1 aliphatic heterocycles.